The van der Waals surface area contributed by atoms with Gasteiger partial charge in [-0.05, 0) is 37.5 Å². The molecule has 0 amide bonds. The summed E-state index contributed by atoms with van der Waals surface area (Å²) in [6, 6.07) is 5.87. The summed E-state index contributed by atoms with van der Waals surface area (Å²) in [5, 5.41) is 0. The molecule has 0 aromatic heterocycles. The number of nitrogens with zero attached hydrogens (tertiary/aromatic N) is 1. The van der Waals surface area contributed by atoms with Crippen molar-refractivity contribution < 1.29 is 4.79 Å². The third-order valence-electron chi connectivity index (χ3n) is 2.79. The van der Waals surface area contributed by atoms with E-state index in [0.717, 1.165) is 28.7 Å². The summed E-state index contributed by atoms with van der Waals surface area (Å²) in [5.41, 5.74) is 1.80. The normalized spacial score (nSPS) is 10.7. The van der Waals surface area contributed by atoms with Gasteiger partial charge in [-0.1, -0.05) is 29.8 Å². The number of carbonyl (C=O) groups is 1. The van der Waals surface area contributed by atoms with E-state index < -0.39 is 0 Å². The highest BCUT2D eigenvalue weighted by Gasteiger charge is 2.11. The first-order valence-corrected chi connectivity index (χ1v) is 6.72. The summed E-state index contributed by atoms with van der Waals surface area (Å²) in [6.07, 6.45) is 1.13. The molecule has 1 aromatic rings. The van der Waals surface area contributed by atoms with Crippen molar-refractivity contribution in [1.82, 2.24) is 0 Å². The Balaban J connectivity index is 2.92. The van der Waals surface area contributed by atoms with Gasteiger partial charge < -0.3 is 4.90 Å². The Bertz CT molecular complexity index is 401. The highest BCUT2D eigenvalue weighted by molar-refractivity contribution is 9.10. The number of benzene rings is 1. The van der Waals surface area contributed by atoms with E-state index in [9.17, 15) is 4.79 Å². The molecule has 17 heavy (non-hydrogen) atoms. The van der Waals surface area contributed by atoms with E-state index in [1.807, 2.05) is 25.2 Å². The summed E-state index contributed by atoms with van der Waals surface area (Å²) >= 11 is 3.41. The number of anilines is 1. The van der Waals surface area contributed by atoms with Crippen molar-refractivity contribution in [2.75, 3.05) is 18.5 Å². The van der Waals surface area contributed by atoms with Crippen LogP contribution in [0.25, 0.3) is 0 Å². The molecule has 0 atom stereocenters. The number of hydrogen-bond donors (Lipinski definition) is 0. The van der Waals surface area contributed by atoms with Crippen LogP contribution in [0.5, 0.6) is 0 Å². The first kappa shape index (κ1) is 14.2. The average Bonchev–Trinajstić information content (AvgIpc) is 2.25. The molecule has 94 valence electrons. The standard InChI is InChI=1S/C14H20BrNO/c1-10(2)7-8-16(4)14-6-5-12(15)9-13(14)11(3)17/h5-6,9-10H,7-8H2,1-4H3. The van der Waals surface area contributed by atoms with Gasteiger partial charge in [0.25, 0.3) is 0 Å². The van der Waals surface area contributed by atoms with Gasteiger partial charge in [-0.3, -0.25) is 4.79 Å². The second-order valence-electron chi connectivity index (χ2n) is 4.82. The Labute approximate surface area is 112 Å². The molecular formula is C14H20BrNO. The zero-order valence-electron chi connectivity index (χ0n) is 11.0. The van der Waals surface area contributed by atoms with E-state index in [1.54, 1.807) is 6.92 Å². The molecule has 0 saturated carbocycles. The molecular weight excluding hydrogens is 278 g/mol. The van der Waals surface area contributed by atoms with E-state index in [2.05, 4.69) is 34.7 Å². The van der Waals surface area contributed by atoms with Crippen molar-refractivity contribution in [3.8, 4) is 0 Å². The number of hydrogen-bond acceptors (Lipinski definition) is 2. The Morgan fingerprint density at radius 3 is 2.59 bits per heavy atom. The molecule has 0 saturated heterocycles. The van der Waals surface area contributed by atoms with E-state index in [0.29, 0.717) is 5.92 Å². The summed E-state index contributed by atoms with van der Waals surface area (Å²) < 4.78 is 0.948. The van der Waals surface area contributed by atoms with Gasteiger partial charge in [0.2, 0.25) is 0 Å². The topological polar surface area (TPSA) is 20.3 Å². The fourth-order valence-corrected chi connectivity index (χ4v) is 2.06. The molecule has 0 spiro atoms. The van der Waals surface area contributed by atoms with Crippen LogP contribution in [-0.2, 0) is 0 Å². The number of ketones is 1. The zero-order chi connectivity index (χ0) is 13.0. The van der Waals surface area contributed by atoms with E-state index >= 15 is 0 Å². The molecule has 0 radical (unpaired) electrons. The highest BCUT2D eigenvalue weighted by Crippen LogP contribution is 2.24. The minimum Gasteiger partial charge on any atom is -0.374 e. The maximum atomic E-state index is 11.6. The van der Waals surface area contributed by atoms with Gasteiger partial charge in [0.1, 0.15) is 0 Å². The van der Waals surface area contributed by atoms with Gasteiger partial charge in [-0.25, -0.2) is 0 Å². The second kappa shape index (κ2) is 6.20. The van der Waals surface area contributed by atoms with Crippen LogP contribution in [0.15, 0.2) is 22.7 Å². The van der Waals surface area contributed by atoms with Crippen LogP contribution in [0.3, 0.4) is 0 Å². The average molecular weight is 298 g/mol. The van der Waals surface area contributed by atoms with Gasteiger partial charge in [0.05, 0.1) is 0 Å². The van der Waals surface area contributed by atoms with Crippen molar-refractivity contribution in [2.24, 2.45) is 5.92 Å². The third kappa shape index (κ3) is 4.15. The van der Waals surface area contributed by atoms with Crippen LogP contribution in [0.4, 0.5) is 5.69 Å². The van der Waals surface area contributed by atoms with E-state index in [4.69, 9.17) is 0 Å². The fraction of sp³-hybridized carbons (Fsp3) is 0.500. The first-order valence-electron chi connectivity index (χ1n) is 5.93. The highest BCUT2D eigenvalue weighted by atomic mass is 79.9. The van der Waals surface area contributed by atoms with Gasteiger partial charge in [-0.2, -0.15) is 0 Å². The predicted molar refractivity (Wildman–Crippen MR) is 76.9 cm³/mol. The monoisotopic (exact) mass is 297 g/mol. The number of Topliss-reactive ketones (excluding diaryl/α,β-unsaturated/α-hetero) is 1. The zero-order valence-corrected chi connectivity index (χ0v) is 12.5. The van der Waals surface area contributed by atoms with Crippen molar-refractivity contribution in [2.45, 2.75) is 27.2 Å². The molecule has 0 aliphatic rings. The summed E-state index contributed by atoms with van der Waals surface area (Å²) in [7, 11) is 2.04. The molecule has 1 rings (SSSR count). The summed E-state index contributed by atoms with van der Waals surface area (Å²) in [5.74, 6) is 0.784. The van der Waals surface area contributed by atoms with Crippen LogP contribution in [-0.4, -0.2) is 19.4 Å². The maximum absolute atomic E-state index is 11.6. The maximum Gasteiger partial charge on any atom is 0.161 e. The van der Waals surface area contributed by atoms with Crippen LogP contribution in [0.2, 0.25) is 0 Å². The van der Waals surface area contributed by atoms with Crippen molar-refractivity contribution in [3.63, 3.8) is 0 Å². The van der Waals surface area contributed by atoms with Gasteiger partial charge in [0.15, 0.2) is 5.78 Å². The Kier molecular flexibility index (Phi) is 5.19. The lowest BCUT2D eigenvalue weighted by Crippen LogP contribution is -2.21. The van der Waals surface area contributed by atoms with Crippen LogP contribution >= 0.6 is 15.9 Å². The molecule has 2 nitrogen and oxygen atoms in total. The molecule has 0 aliphatic carbocycles. The van der Waals surface area contributed by atoms with Crippen molar-refractivity contribution in [3.05, 3.63) is 28.2 Å². The molecule has 0 heterocycles. The Morgan fingerprint density at radius 1 is 1.41 bits per heavy atom. The quantitative estimate of drug-likeness (QED) is 0.762. The SMILES string of the molecule is CC(=O)c1cc(Br)ccc1N(C)CCC(C)C. The molecule has 0 fully saturated rings. The van der Waals surface area contributed by atoms with Crippen LogP contribution < -0.4 is 4.90 Å². The molecule has 0 unspecified atom stereocenters. The molecule has 0 N–H and O–H groups in total. The molecule has 1 aromatic carbocycles. The van der Waals surface area contributed by atoms with E-state index in [1.165, 1.54) is 0 Å². The molecule has 3 heteroatoms. The lowest BCUT2D eigenvalue weighted by Gasteiger charge is -2.22. The van der Waals surface area contributed by atoms with E-state index in [-0.39, 0.29) is 5.78 Å². The van der Waals surface area contributed by atoms with Crippen molar-refractivity contribution in [1.29, 1.82) is 0 Å². The largest absolute Gasteiger partial charge is 0.374 e. The Hall–Kier alpha value is -0.830. The smallest absolute Gasteiger partial charge is 0.161 e. The minimum absolute atomic E-state index is 0.109. The van der Waals surface area contributed by atoms with Gasteiger partial charge >= 0.3 is 0 Å². The Morgan fingerprint density at radius 2 is 2.06 bits per heavy atom. The van der Waals surface area contributed by atoms with Gasteiger partial charge in [0, 0.05) is 29.3 Å². The molecule has 0 aliphatic heterocycles. The third-order valence-corrected chi connectivity index (χ3v) is 3.28. The number of carbonyl (C=O) groups excluding carboxylic acids is 1. The van der Waals surface area contributed by atoms with Gasteiger partial charge in [-0.15, -0.1) is 0 Å². The number of halogens is 1. The fourth-order valence-electron chi connectivity index (χ4n) is 1.70. The second-order valence-corrected chi connectivity index (χ2v) is 5.74. The summed E-state index contributed by atoms with van der Waals surface area (Å²) in [4.78, 5) is 13.8. The van der Waals surface area contributed by atoms with Crippen LogP contribution in [0.1, 0.15) is 37.6 Å². The lowest BCUT2D eigenvalue weighted by atomic mass is 10.1. The predicted octanol–water partition coefficient (Wildman–Crippen LogP) is 4.13. The van der Waals surface area contributed by atoms with Crippen molar-refractivity contribution >= 4 is 27.4 Å². The van der Waals surface area contributed by atoms with Crippen LogP contribution in [0, 0.1) is 5.92 Å². The minimum atomic E-state index is 0.109. The molecule has 0 bridgehead atoms. The first-order chi connectivity index (χ1) is 7.91. The summed E-state index contributed by atoms with van der Waals surface area (Å²) in [6.45, 7) is 7.00. The lowest BCUT2D eigenvalue weighted by molar-refractivity contribution is 0.101. The number of rotatable bonds is 5.